The van der Waals surface area contributed by atoms with Gasteiger partial charge in [-0.3, -0.25) is 4.90 Å². The summed E-state index contributed by atoms with van der Waals surface area (Å²) in [7, 11) is 0. The van der Waals surface area contributed by atoms with Crippen LogP contribution >= 0.6 is 0 Å². The van der Waals surface area contributed by atoms with Crippen LogP contribution < -0.4 is 15.0 Å². The zero-order chi connectivity index (χ0) is 32.7. The molecule has 5 aliphatic heterocycles. The molecule has 10 rings (SSSR count). The van der Waals surface area contributed by atoms with Crippen LogP contribution in [-0.2, 0) is 4.74 Å². The molecule has 10 heteroatoms. The molecule has 4 bridgehead atoms. The van der Waals surface area contributed by atoms with E-state index in [9.17, 15) is 9.50 Å². The molecule has 1 aromatic heterocycles. The second kappa shape index (κ2) is 11.3. The fourth-order valence-electron chi connectivity index (χ4n) is 8.69. The molecule has 1 aliphatic carbocycles. The molecule has 48 heavy (non-hydrogen) atoms. The maximum Gasteiger partial charge on any atom is 0.319 e. The van der Waals surface area contributed by atoms with Gasteiger partial charge in [-0.05, 0) is 86.2 Å². The second-order valence-electron chi connectivity index (χ2n) is 14.7. The van der Waals surface area contributed by atoms with Gasteiger partial charge in [0.1, 0.15) is 22.9 Å². The van der Waals surface area contributed by atoms with E-state index in [1.54, 1.807) is 6.07 Å². The van der Waals surface area contributed by atoms with E-state index < -0.39 is 11.6 Å². The van der Waals surface area contributed by atoms with E-state index in [0.29, 0.717) is 63.9 Å². The van der Waals surface area contributed by atoms with Crippen LogP contribution in [-0.4, -0.2) is 83.6 Å². The molecule has 4 atom stereocenters. The molecule has 248 valence electrons. The number of nitrogens with zero attached hydrogens (tertiary/aromatic N) is 4. The molecule has 6 heterocycles. The van der Waals surface area contributed by atoms with Crippen LogP contribution in [0.25, 0.3) is 32.8 Å². The predicted octanol–water partition coefficient (Wildman–Crippen LogP) is 5.69. The minimum absolute atomic E-state index is 0.0216. The highest BCUT2D eigenvalue weighted by Gasteiger charge is 2.48. The van der Waals surface area contributed by atoms with E-state index in [1.165, 1.54) is 24.6 Å². The van der Waals surface area contributed by atoms with Crippen molar-refractivity contribution >= 4 is 27.5 Å². The average Bonchev–Trinajstić information content (AvgIpc) is 3.77. The van der Waals surface area contributed by atoms with E-state index in [4.69, 9.17) is 25.9 Å². The highest BCUT2D eigenvalue weighted by molar-refractivity contribution is 6.05. The summed E-state index contributed by atoms with van der Waals surface area (Å²) in [4.78, 5) is 14.5. The van der Waals surface area contributed by atoms with Crippen molar-refractivity contribution in [3.63, 3.8) is 0 Å². The lowest BCUT2D eigenvalue weighted by atomic mass is 9.90. The number of hydrogen-bond acceptors (Lipinski definition) is 8. The van der Waals surface area contributed by atoms with Crippen LogP contribution in [0.15, 0.2) is 30.3 Å². The number of piperazine rings is 1. The summed E-state index contributed by atoms with van der Waals surface area (Å²) in [6.07, 6.45) is 12.7. The fourth-order valence-corrected chi connectivity index (χ4v) is 8.69. The number of terminal acetylenes is 1. The molecule has 4 aromatic rings. The van der Waals surface area contributed by atoms with Gasteiger partial charge in [0.2, 0.25) is 0 Å². The number of phenolic OH excluding ortho intramolecular Hbond substituents is 1. The molecule has 6 fully saturated rings. The van der Waals surface area contributed by atoms with Gasteiger partial charge in [-0.25, -0.2) is 8.78 Å². The number of anilines is 1. The maximum absolute atomic E-state index is 17.2. The third kappa shape index (κ3) is 5.06. The lowest BCUT2D eigenvalue weighted by Crippen LogP contribution is -2.56. The van der Waals surface area contributed by atoms with E-state index in [-0.39, 0.29) is 33.8 Å². The Morgan fingerprint density at radius 1 is 1.08 bits per heavy atom. The van der Waals surface area contributed by atoms with Gasteiger partial charge < -0.3 is 24.8 Å². The van der Waals surface area contributed by atoms with Gasteiger partial charge in [0, 0.05) is 66.1 Å². The van der Waals surface area contributed by atoms with Crippen molar-refractivity contribution in [2.45, 2.75) is 69.7 Å². The summed E-state index contributed by atoms with van der Waals surface area (Å²) in [6.45, 7) is 6.52. The Morgan fingerprint density at radius 2 is 1.90 bits per heavy atom. The molecular formula is C38H39F2N5O3. The smallest absolute Gasteiger partial charge is 0.319 e. The molecule has 2 N–H and O–H groups in total. The normalized spacial score (nSPS) is 25.9. The number of aromatic hydroxyl groups is 1. The van der Waals surface area contributed by atoms with Crippen molar-refractivity contribution in [3.8, 4) is 35.2 Å². The van der Waals surface area contributed by atoms with Crippen molar-refractivity contribution in [3.05, 3.63) is 53.1 Å². The number of rotatable bonds is 7. The Morgan fingerprint density at radius 3 is 2.58 bits per heavy atom. The molecule has 1 saturated carbocycles. The molecule has 0 amide bonds. The lowest BCUT2D eigenvalue weighted by Gasteiger charge is -2.46. The topological polar surface area (TPSA) is 83.0 Å². The number of morpholine rings is 1. The van der Waals surface area contributed by atoms with Gasteiger partial charge in [-0.15, -0.1) is 6.42 Å². The molecule has 3 aromatic carbocycles. The predicted molar refractivity (Wildman–Crippen MR) is 180 cm³/mol. The molecule has 0 spiro atoms. The van der Waals surface area contributed by atoms with Crippen molar-refractivity contribution in [2.24, 2.45) is 5.41 Å². The number of aromatic nitrogens is 2. The summed E-state index contributed by atoms with van der Waals surface area (Å²) in [5, 5.41) is 15.8. The first-order valence-electron chi connectivity index (χ1n) is 17.2. The molecular weight excluding hydrogens is 612 g/mol. The zero-order valence-corrected chi connectivity index (χ0v) is 27.1. The molecule has 0 radical (unpaired) electrons. The van der Waals surface area contributed by atoms with E-state index in [1.807, 2.05) is 13.0 Å². The zero-order valence-electron chi connectivity index (χ0n) is 27.1. The van der Waals surface area contributed by atoms with Crippen LogP contribution in [0.1, 0.15) is 49.7 Å². The first kappa shape index (κ1) is 30.1. The number of phenols is 1. The summed E-state index contributed by atoms with van der Waals surface area (Å²) < 4.78 is 44.5. The van der Waals surface area contributed by atoms with Gasteiger partial charge in [0.15, 0.2) is 5.82 Å². The van der Waals surface area contributed by atoms with Crippen LogP contribution in [0.4, 0.5) is 14.6 Å². The monoisotopic (exact) mass is 651 g/mol. The number of piperidine rings is 1. The number of ether oxygens (including phenoxy) is 2. The highest BCUT2D eigenvalue weighted by Crippen LogP contribution is 2.48. The van der Waals surface area contributed by atoms with E-state index >= 15 is 4.39 Å². The summed E-state index contributed by atoms with van der Waals surface area (Å²) in [5.74, 6) is 1.87. The van der Waals surface area contributed by atoms with Crippen molar-refractivity contribution in [1.82, 2.24) is 20.2 Å². The summed E-state index contributed by atoms with van der Waals surface area (Å²) >= 11 is 0. The van der Waals surface area contributed by atoms with Crippen molar-refractivity contribution in [2.75, 3.05) is 44.3 Å². The van der Waals surface area contributed by atoms with Gasteiger partial charge >= 0.3 is 6.01 Å². The standard InChI is InChI=1S/C38H39F2N5O3/c1-3-28-31(39)9-4-22-13-26(46)14-29(33(22)28)32-21(2)12-30-35(34(32)40)42-37(43-36(30)44-15-23-5-6-24(16-44)41-23)48-20-38(10-11-38)19-45-17-27-8-7-25(45)18-47-27/h1,4,9,12-14,23-25,27,41,46H,5-8,10-11,15-20H2,2H3. The number of halogens is 2. The Kier molecular flexibility index (Phi) is 7.05. The summed E-state index contributed by atoms with van der Waals surface area (Å²) in [6, 6.07) is 8.98. The minimum atomic E-state index is -0.582. The third-order valence-corrected chi connectivity index (χ3v) is 11.4. The average molecular weight is 652 g/mol. The molecule has 6 aliphatic rings. The van der Waals surface area contributed by atoms with Crippen molar-refractivity contribution < 1.29 is 23.4 Å². The number of benzene rings is 3. The van der Waals surface area contributed by atoms with Crippen LogP contribution in [0.2, 0.25) is 0 Å². The number of fused-ring (bicyclic) bond motifs is 7. The minimum Gasteiger partial charge on any atom is -0.508 e. The number of nitrogens with one attached hydrogen (secondary N) is 1. The van der Waals surface area contributed by atoms with Crippen LogP contribution in [0.5, 0.6) is 11.8 Å². The largest absolute Gasteiger partial charge is 0.508 e. The first-order valence-corrected chi connectivity index (χ1v) is 17.2. The Hall–Kier alpha value is -4.04. The number of hydrogen-bond donors (Lipinski definition) is 2. The van der Waals surface area contributed by atoms with Gasteiger partial charge in [-0.1, -0.05) is 12.0 Å². The van der Waals surface area contributed by atoms with Gasteiger partial charge in [-0.2, -0.15) is 9.97 Å². The second-order valence-corrected chi connectivity index (χ2v) is 14.7. The van der Waals surface area contributed by atoms with Crippen molar-refractivity contribution in [1.29, 1.82) is 0 Å². The van der Waals surface area contributed by atoms with E-state index in [0.717, 1.165) is 64.9 Å². The highest BCUT2D eigenvalue weighted by atomic mass is 19.1. The SMILES string of the molecule is C#Cc1c(F)ccc2cc(O)cc(-c3c(C)cc4c(N5CC6CCC(C5)N6)nc(OCC5(CN6CC7CCC6CO7)CC5)nc4c3F)c12. The Bertz CT molecular complexity index is 1990. The number of aryl methyl sites for hydroxylation is 1. The maximum atomic E-state index is 17.2. The fraction of sp³-hybridized carbons (Fsp3) is 0.474. The molecule has 5 saturated heterocycles. The van der Waals surface area contributed by atoms with E-state index in [2.05, 4.69) is 21.0 Å². The van der Waals surface area contributed by atoms with Gasteiger partial charge in [0.25, 0.3) is 0 Å². The third-order valence-electron chi connectivity index (χ3n) is 11.4. The van der Waals surface area contributed by atoms with Crippen LogP contribution in [0.3, 0.4) is 0 Å². The quantitative estimate of drug-likeness (QED) is 0.247. The lowest BCUT2D eigenvalue weighted by molar-refractivity contribution is -0.112. The summed E-state index contributed by atoms with van der Waals surface area (Å²) in [5.41, 5.74) is 1.31. The Balaban J connectivity index is 1.14. The Labute approximate surface area is 278 Å². The first-order chi connectivity index (χ1) is 23.3. The van der Waals surface area contributed by atoms with Gasteiger partial charge in [0.05, 0.1) is 24.9 Å². The molecule has 8 nitrogen and oxygen atoms in total. The molecule has 4 unspecified atom stereocenters. The van der Waals surface area contributed by atoms with Crippen LogP contribution in [0, 0.1) is 36.3 Å².